The molecule has 3 aromatic rings. The van der Waals surface area contributed by atoms with E-state index in [2.05, 4.69) is 71.7 Å². The van der Waals surface area contributed by atoms with Crippen molar-refractivity contribution in [2.45, 2.75) is 94.4 Å². The highest BCUT2D eigenvalue weighted by atomic mass is 32.2. The molecule has 362 valence electrons. The fraction of sp³-hybridized carbons (Fsp3) is 0.404. The molecule has 1 aliphatic heterocycles. The Hall–Kier alpha value is -7.29. The average Bonchev–Trinajstić information content (AvgIpc) is 3.94. The van der Waals surface area contributed by atoms with E-state index in [1.165, 1.54) is 24.4 Å². The number of aliphatic carboxylic acids is 3. The smallest absolute Gasteiger partial charge is 0.309 e. The first-order valence-corrected chi connectivity index (χ1v) is 22.8. The maximum absolute atomic E-state index is 13.7. The number of amides is 6. The van der Waals surface area contributed by atoms with Crippen LogP contribution in [0.3, 0.4) is 0 Å². The molecule has 6 amide bonds. The predicted octanol–water partition coefficient (Wildman–Crippen LogP) is 1.67. The standard InChI is InChI=1S/C47H56N8O12S/c1-27(2)41(52-42(62)32(18-19-39(58)59)51-43(63)33(25-40(60)61)50-28(3)56)44(64)53-47(26-31(47)45(65)66)46(67)49-22-21-48-37(57)16-10-23-55-24-20-29(30-12-5-6-13-34(30)55)11-9-17-38-54(4)35-14-7-8-15-36(35)68-38/h5-9,11-15,17,20,24,27,31-33,41H,10,16,18-19,21-23,25-26H2,1-4H3,(H8-,48,49,50,51,52,53,56,57,58,59,60,61,62,63,64,65,66,67)/p+1/t31-,32-,33-,41-,47?/m1/s1. The minimum atomic E-state index is -1.90. The van der Waals surface area contributed by atoms with Crippen molar-refractivity contribution in [2.75, 3.05) is 25.0 Å². The number of aromatic nitrogens is 1. The van der Waals surface area contributed by atoms with Gasteiger partial charge in [-0.25, -0.2) is 0 Å². The molecule has 2 heterocycles. The minimum absolute atomic E-state index is 0.00335. The lowest BCUT2D eigenvalue weighted by Crippen LogP contribution is -2.61. The monoisotopic (exact) mass is 957 g/mol. The largest absolute Gasteiger partial charge is 0.481 e. The molecular formula is C47H57N8O12S+. The number of carbonyl (C=O) groups excluding carboxylic acids is 6. The second kappa shape index (κ2) is 23.4. The molecule has 0 spiro atoms. The summed E-state index contributed by atoms with van der Waals surface area (Å²) < 4.78 is 2.08. The van der Waals surface area contributed by atoms with E-state index in [1.807, 2.05) is 55.7 Å². The molecule has 0 saturated heterocycles. The molecule has 1 saturated carbocycles. The van der Waals surface area contributed by atoms with Gasteiger partial charge in [-0.05, 0) is 48.6 Å². The van der Waals surface area contributed by atoms with Gasteiger partial charge in [0.05, 0.1) is 28.4 Å². The molecule has 21 heteroatoms. The lowest BCUT2D eigenvalue weighted by Gasteiger charge is -2.28. The first-order chi connectivity index (χ1) is 32.3. The van der Waals surface area contributed by atoms with Crippen molar-refractivity contribution in [3.63, 3.8) is 0 Å². The van der Waals surface area contributed by atoms with Crippen LogP contribution in [-0.4, -0.2) is 112 Å². The second-order valence-electron chi connectivity index (χ2n) is 16.8. The molecular weight excluding hydrogens is 901 g/mol. The van der Waals surface area contributed by atoms with E-state index in [0.29, 0.717) is 13.0 Å². The SMILES string of the molecule is CC(=O)N[C@H](CC(=O)O)C(=O)N[C@H](CCC(=O)O)C(=O)N[C@@H](C(=O)NC1(C(=O)NCCNC(=O)CCC[n+]2ccc(C=CC=C3Sc4ccccc4N3C)c3ccccc32)C[C@@H]1C(=O)O)C(C)C. The number of fused-ring (bicyclic) bond motifs is 2. The van der Waals surface area contributed by atoms with Crippen molar-refractivity contribution in [2.24, 2.45) is 11.8 Å². The van der Waals surface area contributed by atoms with Crippen LogP contribution in [0.4, 0.5) is 5.69 Å². The number of anilines is 1. The van der Waals surface area contributed by atoms with Crippen LogP contribution < -0.4 is 41.4 Å². The Morgan fingerprint density at radius 2 is 1.53 bits per heavy atom. The molecule has 5 atom stereocenters. The highest BCUT2D eigenvalue weighted by Crippen LogP contribution is 2.45. The third-order valence-electron chi connectivity index (χ3n) is 11.4. The summed E-state index contributed by atoms with van der Waals surface area (Å²) in [7, 11) is 2.05. The average molecular weight is 958 g/mol. The van der Waals surface area contributed by atoms with Crippen molar-refractivity contribution in [3.8, 4) is 0 Å². The molecule has 2 aromatic carbocycles. The molecule has 5 rings (SSSR count). The summed E-state index contributed by atoms with van der Waals surface area (Å²) in [5.41, 5.74) is 1.32. The van der Waals surface area contributed by atoms with E-state index >= 15 is 0 Å². The summed E-state index contributed by atoms with van der Waals surface area (Å²) in [6.45, 7) is 4.57. The molecule has 20 nitrogen and oxygen atoms in total. The van der Waals surface area contributed by atoms with Crippen LogP contribution in [0.1, 0.15) is 64.9 Å². The number of pyridine rings is 1. The number of rotatable bonds is 24. The fourth-order valence-electron chi connectivity index (χ4n) is 7.71. The number of para-hydroxylation sites is 2. The van der Waals surface area contributed by atoms with Gasteiger partial charge in [0.2, 0.25) is 41.0 Å². The van der Waals surface area contributed by atoms with Gasteiger partial charge in [-0.15, -0.1) is 0 Å². The Kier molecular flexibility index (Phi) is 17.8. The van der Waals surface area contributed by atoms with Gasteiger partial charge in [0, 0.05) is 63.4 Å². The Bertz CT molecular complexity index is 2500. The van der Waals surface area contributed by atoms with Gasteiger partial charge in [0.15, 0.2) is 6.20 Å². The van der Waals surface area contributed by atoms with Gasteiger partial charge in [-0.3, -0.25) is 43.2 Å². The van der Waals surface area contributed by atoms with Crippen molar-refractivity contribution in [1.29, 1.82) is 0 Å². The normalized spacial score (nSPS) is 18.0. The zero-order valence-electron chi connectivity index (χ0n) is 38.1. The van der Waals surface area contributed by atoms with Gasteiger partial charge in [0.1, 0.15) is 30.2 Å². The maximum atomic E-state index is 13.7. The molecule has 1 fully saturated rings. The molecule has 68 heavy (non-hydrogen) atoms. The molecule has 0 radical (unpaired) electrons. The number of hydrogen-bond acceptors (Lipinski definition) is 11. The van der Waals surface area contributed by atoms with Crippen LogP contribution in [-0.2, 0) is 49.7 Å². The molecule has 0 bridgehead atoms. The molecule has 1 aliphatic carbocycles. The first-order valence-electron chi connectivity index (χ1n) is 22.0. The molecule has 9 N–H and O–H groups in total. The minimum Gasteiger partial charge on any atom is -0.481 e. The van der Waals surface area contributed by atoms with Crippen molar-refractivity contribution < 1.29 is 63.0 Å². The van der Waals surface area contributed by atoms with Gasteiger partial charge in [-0.1, -0.05) is 62.0 Å². The van der Waals surface area contributed by atoms with Crippen LogP contribution in [0, 0.1) is 11.8 Å². The Labute approximate surface area is 396 Å². The van der Waals surface area contributed by atoms with Crippen LogP contribution in [0.2, 0.25) is 0 Å². The van der Waals surface area contributed by atoms with E-state index in [1.54, 1.807) is 11.8 Å². The Morgan fingerprint density at radius 3 is 2.19 bits per heavy atom. The lowest BCUT2D eigenvalue weighted by atomic mass is 10.0. The van der Waals surface area contributed by atoms with Crippen molar-refractivity contribution in [3.05, 3.63) is 83.5 Å². The lowest BCUT2D eigenvalue weighted by molar-refractivity contribution is -0.671. The third-order valence-corrected chi connectivity index (χ3v) is 12.6. The fourth-order valence-corrected chi connectivity index (χ4v) is 8.78. The van der Waals surface area contributed by atoms with Gasteiger partial charge in [0.25, 0.3) is 0 Å². The predicted molar refractivity (Wildman–Crippen MR) is 249 cm³/mol. The highest BCUT2D eigenvalue weighted by molar-refractivity contribution is 8.03. The van der Waals surface area contributed by atoms with Gasteiger partial charge in [-0.2, -0.15) is 4.57 Å². The highest BCUT2D eigenvalue weighted by Gasteiger charge is 2.65. The number of nitrogens with zero attached hydrogens (tertiary/aromatic N) is 2. The van der Waals surface area contributed by atoms with Gasteiger partial charge < -0.3 is 52.1 Å². The van der Waals surface area contributed by atoms with Crippen LogP contribution >= 0.6 is 11.8 Å². The Balaban J connectivity index is 1.12. The summed E-state index contributed by atoms with van der Waals surface area (Å²) in [5.74, 6) is -11.1. The third kappa shape index (κ3) is 13.6. The summed E-state index contributed by atoms with van der Waals surface area (Å²) in [6.07, 6.45) is 6.65. The summed E-state index contributed by atoms with van der Waals surface area (Å²) in [6, 6.07) is 13.7. The number of carboxylic acid groups (broad SMARTS) is 3. The number of nitrogens with one attached hydrogen (secondary N) is 6. The number of carboxylic acids is 3. The Morgan fingerprint density at radius 1 is 0.838 bits per heavy atom. The molecule has 2 aliphatic rings. The van der Waals surface area contributed by atoms with E-state index in [-0.39, 0.29) is 31.8 Å². The van der Waals surface area contributed by atoms with E-state index in [9.17, 15) is 58.5 Å². The number of hydrogen-bond donors (Lipinski definition) is 9. The molecule has 1 aromatic heterocycles. The number of thioether (sulfide) groups is 1. The molecule has 1 unspecified atom stereocenters. The van der Waals surface area contributed by atoms with Crippen molar-refractivity contribution >= 4 is 87.8 Å². The zero-order chi connectivity index (χ0) is 49.7. The van der Waals surface area contributed by atoms with Gasteiger partial charge >= 0.3 is 17.9 Å². The van der Waals surface area contributed by atoms with Crippen LogP contribution in [0.5, 0.6) is 0 Å². The quantitative estimate of drug-likeness (QED) is 0.0456. The van der Waals surface area contributed by atoms with Crippen LogP contribution in [0.25, 0.3) is 17.0 Å². The first kappa shape index (κ1) is 51.7. The second-order valence-corrected chi connectivity index (χ2v) is 17.9. The number of carbonyl (C=O) groups is 9. The van der Waals surface area contributed by atoms with E-state index in [4.69, 9.17) is 0 Å². The topological polar surface area (TPSA) is 294 Å². The summed E-state index contributed by atoms with van der Waals surface area (Å²) in [4.78, 5) is 116. The van der Waals surface area contributed by atoms with E-state index < -0.39 is 102 Å². The number of allylic oxidation sites excluding steroid dienone is 2. The zero-order valence-corrected chi connectivity index (χ0v) is 38.9. The number of benzene rings is 2. The maximum Gasteiger partial charge on any atom is 0.309 e. The van der Waals surface area contributed by atoms with E-state index in [0.717, 1.165) is 28.4 Å². The summed E-state index contributed by atoms with van der Waals surface area (Å²) >= 11 is 1.72. The van der Waals surface area contributed by atoms with Crippen molar-refractivity contribution in [1.82, 2.24) is 31.9 Å². The van der Waals surface area contributed by atoms with Crippen LogP contribution in [0.15, 0.2) is 82.9 Å². The summed E-state index contributed by atoms with van der Waals surface area (Å²) in [5, 5.41) is 45.1. The number of aryl methyl sites for hydroxylation is 1.